The second-order valence-electron chi connectivity index (χ2n) is 18.4. The van der Waals surface area contributed by atoms with E-state index in [1.165, 1.54) is 51.4 Å². The summed E-state index contributed by atoms with van der Waals surface area (Å²) in [5.41, 5.74) is 0. The number of unbranched alkanes of at least 4 members (excludes halogenated alkanes) is 15. The predicted molar refractivity (Wildman–Crippen MR) is 311 cm³/mol. The summed E-state index contributed by atoms with van der Waals surface area (Å²) in [4.78, 5) is 37.8. The third kappa shape index (κ3) is 56.2. The van der Waals surface area contributed by atoms with Crippen molar-refractivity contribution in [3.05, 3.63) is 146 Å². The maximum absolute atomic E-state index is 12.7. The van der Waals surface area contributed by atoms with Crippen LogP contribution in [0, 0.1) is 0 Å². The summed E-state index contributed by atoms with van der Waals surface area (Å²) in [6.45, 7) is 6.29. The van der Waals surface area contributed by atoms with Crippen molar-refractivity contribution in [2.75, 3.05) is 13.2 Å². The third-order valence-corrected chi connectivity index (χ3v) is 11.6. The molecule has 0 aromatic rings. The molecule has 0 amide bonds. The highest BCUT2D eigenvalue weighted by atomic mass is 16.6. The highest BCUT2D eigenvalue weighted by Gasteiger charge is 2.19. The minimum atomic E-state index is -0.804. The predicted octanol–water partition coefficient (Wildman–Crippen LogP) is 19.6. The van der Waals surface area contributed by atoms with Crippen LogP contribution in [0.2, 0.25) is 0 Å². The van der Waals surface area contributed by atoms with Gasteiger partial charge in [0.2, 0.25) is 0 Å². The molecule has 0 radical (unpaired) electrons. The molecule has 0 N–H and O–H groups in total. The van der Waals surface area contributed by atoms with Crippen LogP contribution in [0.25, 0.3) is 0 Å². The second-order valence-corrected chi connectivity index (χ2v) is 18.4. The van der Waals surface area contributed by atoms with Gasteiger partial charge in [-0.1, -0.05) is 237 Å². The number of esters is 3. The van der Waals surface area contributed by atoms with Gasteiger partial charge in [-0.2, -0.15) is 0 Å². The average molecular weight is 994 g/mol. The Hall–Kier alpha value is -4.71. The van der Waals surface area contributed by atoms with E-state index in [2.05, 4.69) is 167 Å². The molecule has 6 nitrogen and oxygen atoms in total. The average Bonchev–Trinajstić information content (AvgIpc) is 3.38. The number of carbonyl (C=O) groups is 3. The first-order chi connectivity index (χ1) is 35.5. The molecule has 0 aliphatic carbocycles. The van der Waals surface area contributed by atoms with Crippen molar-refractivity contribution in [3.63, 3.8) is 0 Å². The summed E-state index contributed by atoms with van der Waals surface area (Å²) in [6.07, 6.45) is 84.5. The quantitative estimate of drug-likeness (QED) is 0.0261. The van der Waals surface area contributed by atoms with E-state index in [9.17, 15) is 14.4 Å². The van der Waals surface area contributed by atoms with Crippen LogP contribution in [0.5, 0.6) is 0 Å². The van der Waals surface area contributed by atoms with Crippen molar-refractivity contribution in [1.29, 1.82) is 0 Å². The van der Waals surface area contributed by atoms with Gasteiger partial charge in [0.05, 0.1) is 0 Å². The molecule has 0 aliphatic heterocycles. The Kier molecular flexibility index (Phi) is 55.0. The molecule has 1 atom stereocenters. The molecule has 0 fully saturated rings. The fraction of sp³-hybridized carbons (Fsp3) is 0.591. The molecule has 72 heavy (non-hydrogen) atoms. The van der Waals surface area contributed by atoms with Crippen molar-refractivity contribution in [3.8, 4) is 0 Å². The molecule has 404 valence electrons. The van der Waals surface area contributed by atoms with Gasteiger partial charge in [0.25, 0.3) is 0 Å². The van der Waals surface area contributed by atoms with Crippen LogP contribution in [-0.2, 0) is 28.6 Å². The molecule has 0 aromatic carbocycles. The fourth-order valence-corrected chi connectivity index (χ4v) is 7.33. The van der Waals surface area contributed by atoms with Gasteiger partial charge in [-0.15, -0.1) is 0 Å². The Labute approximate surface area is 442 Å². The van der Waals surface area contributed by atoms with Crippen LogP contribution in [0.15, 0.2) is 146 Å². The minimum absolute atomic E-state index is 0.102. The Morgan fingerprint density at radius 3 is 0.875 bits per heavy atom. The van der Waals surface area contributed by atoms with Gasteiger partial charge < -0.3 is 14.2 Å². The van der Waals surface area contributed by atoms with Crippen LogP contribution in [0.3, 0.4) is 0 Å². The molecule has 0 heterocycles. The van der Waals surface area contributed by atoms with Crippen molar-refractivity contribution in [2.24, 2.45) is 0 Å². The Bertz CT molecular complexity index is 1610. The van der Waals surface area contributed by atoms with Crippen LogP contribution in [0.1, 0.15) is 233 Å². The molecule has 0 spiro atoms. The first-order valence-corrected chi connectivity index (χ1v) is 28.8. The lowest BCUT2D eigenvalue weighted by Crippen LogP contribution is -2.30. The zero-order valence-electron chi connectivity index (χ0n) is 46.1. The zero-order chi connectivity index (χ0) is 52.2. The lowest BCUT2D eigenvalue weighted by Gasteiger charge is -2.18. The van der Waals surface area contributed by atoms with E-state index >= 15 is 0 Å². The molecule has 0 aromatic heterocycles. The maximum Gasteiger partial charge on any atom is 0.306 e. The summed E-state index contributed by atoms with van der Waals surface area (Å²) >= 11 is 0. The summed E-state index contributed by atoms with van der Waals surface area (Å²) in [6, 6.07) is 0. The highest BCUT2D eigenvalue weighted by molar-refractivity contribution is 5.71. The normalized spacial score (nSPS) is 13.2. The van der Waals surface area contributed by atoms with Crippen LogP contribution in [0.4, 0.5) is 0 Å². The topological polar surface area (TPSA) is 78.9 Å². The van der Waals surface area contributed by atoms with Gasteiger partial charge in [0, 0.05) is 19.3 Å². The maximum atomic E-state index is 12.7. The third-order valence-electron chi connectivity index (χ3n) is 11.6. The first-order valence-electron chi connectivity index (χ1n) is 28.8. The van der Waals surface area contributed by atoms with E-state index in [0.29, 0.717) is 19.3 Å². The first kappa shape index (κ1) is 67.3. The van der Waals surface area contributed by atoms with Gasteiger partial charge in [-0.25, -0.2) is 0 Å². The van der Waals surface area contributed by atoms with E-state index < -0.39 is 6.10 Å². The molecule has 0 rings (SSSR count). The van der Waals surface area contributed by atoms with Crippen molar-refractivity contribution >= 4 is 17.9 Å². The summed E-state index contributed by atoms with van der Waals surface area (Å²) in [5.74, 6) is -0.970. The van der Waals surface area contributed by atoms with Crippen molar-refractivity contribution in [2.45, 2.75) is 239 Å². The molecule has 6 heteroatoms. The van der Waals surface area contributed by atoms with Gasteiger partial charge in [0.15, 0.2) is 6.10 Å². The molecular weight excluding hydrogens is 889 g/mol. The Morgan fingerprint density at radius 1 is 0.292 bits per heavy atom. The molecule has 0 saturated heterocycles. The molecule has 0 saturated carbocycles. The SMILES string of the molecule is CC/C=C\C/C=C\C/C=C\C/C=C\C/C=C\C/C=C\C/C=C\C/C=C\CCCCCCCCCCC(=O)OCC(COC(=O)CCCCCCCC)OC(=O)CCCC/C=C\C/C=C\C/C=C\C/C=C\CC. The number of allylic oxidation sites excluding steroid dienone is 24. The van der Waals surface area contributed by atoms with E-state index in [1.54, 1.807) is 0 Å². The molecule has 0 aliphatic rings. The Morgan fingerprint density at radius 2 is 0.542 bits per heavy atom. The smallest absolute Gasteiger partial charge is 0.306 e. The van der Waals surface area contributed by atoms with Gasteiger partial charge in [0.1, 0.15) is 13.2 Å². The molecule has 0 bridgehead atoms. The van der Waals surface area contributed by atoms with E-state index in [1.807, 2.05) is 0 Å². The fourth-order valence-electron chi connectivity index (χ4n) is 7.33. The van der Waals surface area contributed by atoms with Crippen molar-refractivity contribution in [1.82, 2.24) is 0 Å². The lowest BCUT2D eigenvalue weighted by atomic mass is 10.1. The highest BCUT2D eigenvalue weighted by Crippen LogP contribution is 2.13. The number of carbonyl (C=O) groups excluding carboxylic acids is 3. The largest absolute Gasteiger partial charge is 0.462 e. The number of hydrogen-bond acceptors (Lipinski definition) is 6. The number of ether oxygens (including phenoxy) is 3. The lowest BCUT2D eigenvalue weighted by molar-refractivity contribution is -0.167. The monoisotopic (exact) mass is 993 g/mol. The van der Waals surface area contributed by atoms with E-state index in [4.69, 9.17) is 14.2 Å². The second kappa shape index (κ2) is 58.9. The van der Waals surface area contributed by atoms with E-state index in [-0.39, 0.29) is 37.5 Å². The summed E-state index contributed by atoms with van der Waals surface area (Å²) in [7, 11) is 0. The number of hydrogen-bond donors (Lipinski definition) is 0. The number of rotatable bonds is 50. The minimum Gasteiger partial charge on any atom is -0.462 e. The summed E-state index contributed by atoms with van der Waals surface area (Å²) in [5, 5.41) is 0. The zero-order valence-corrected chi connectivity index (χ0v) is 46.1. The van der Waals surface area contributed by atoms with Gasteiger partial charge in [-0.05, 0) is 122 Å². The summed E-state index contributed by atoms with van der Waals surface area (Å²) < 4.78 is 16.7. The standard InChI is InChI=1S/C66H104O6/c1-4-7-10-13-16-18-20-22-24-25-26-27-28-29-30-31-32-33-34-35-36-37-38-39-40-41-43-44-46-48-50-53-56-59-65(68)71-62-63(61-70-64(67)58-55-52-15-12-9-6-3)72-66(69)60-57-54-51-49-47-45-42-23-21-19-17-14-11-8-5-2/h7-8,10-11,16-19,22-24,26-27,29-30,32-33,35-36,38-39,42,47,49,63H,4-6,9,12-15,20-21,25,28,31,34,37,40-41,43-46,48,50-62H2,1-3H3/b10-7-,11-8-,18-16-,19-17-,24-22-,27-26-,30-29-,33-32-,36-35-,39-38-,42-23-,49-47-. The van der Waals surface area contributed by atoms with Crippen molar-refractivity contribution < 1.29 is 28.6 Å². The van der Waals surface area contributed by atoms with Crippen LogP contribution in [-0.4, -0.2) is 37.2 Å². The molecule has 1 unspecified atom stereocenters. The van der Waals surface area contributed by atoms with Gasteiger partial charge >= 0.3 is 17.9 Å². The van der Waals surface area contributed by atoms with E-state index in [0.717, 1.165) is 135 Å². The Balaban J connectivity index is 4.16. The van der Waals surface area contributed by atoms with Gasteiger partial charge in [-0.3, -0.25) is 14.4 Å². The van der Waals surface area contributed by atoms with Crippen LogP contribution < -0.4 is 0 Å². The van der Waals surface area contributed by atoms with Crippen LogP contribution >= 0.6 is 0 Å². The molecular formula is C66H104O6.